The Morgan fingerprint density at radius 1 is 1.50 bits per heavy atom. The summed E-state index contributed by atoms with van der Waals surface area (Å²) >= 11 is 0. The normalized spacial score (nSPS) is 19.2. The highest BCUT2D eigenvalue weighted by Crippen LogP contribution is 2.19. The SMILES string of the molecule is CCN(CC1CCCO1)c1cc(CO)cc(C)n1. The van der Waals surface area contributed by atoms with E-state index in [2.05, 4.69) is 16.8 Å². The number of aliphatic hydroxyl groups is 1. The lowest BCUT2D eigenvalue weighted by Gasteiger charge is -2.25. The number of ether oxygens (including phenoxy) is 1. The second-order valence-corrected chi connectivity index (χ2v) is 4.81. The van der Waals surface area contributed by atoms with Gasteiger partial charge in [0.25, 0.3) is 0 Å². The molecule has 1 fully saturated rings. The number of anilines is 1. The van der Waals surface area contributed by atoms with Gasteiger partial charge in [-0.3, -0.25) is 0 Å². The zero-order chi connectivity index (χ0) is 13.0. The first-order chi connectivity index (χ1) is 8.72. The van der Waals surface area contributed by atoms with Gasteiger partial charge in [-0.1, -0.05) is 0 Å². The number of pyridine rings is 1. The van der Waals surface area contributed by atoms with Crippen LogP contribution < -0.4 is 4.90 Å². The highest BCUT2D eigenvalue weighted by Gasteiger charge is 2.19. The predicted octanol–water partition coefficient (Wildman–Crippen LogP) is 1.89. The quantitative estimate of drug-likeness (QED) is 0.867. The average molecular weight is 250 g/mol. The lowest BCUT2D eigenvalue weighted by Crippen LogP contribution is -2.32. The Morgan fingerprint density at radius 2 is 2.33 bits per heavy atom. The molecule has 1 aliphatic rings. The van der Waals surface area contributed by atoms with Crippen LogP contribution in [0.1, 0.15) is 31.0 Å². The summed E-state index contributed by atoms with van der Waals surface area (Å²) in [5.41, 5.74) is 1.87. The third-order valence-corrected chi connectivity index (χ3v) is 3.34. The standard InChI is InChI=1S/C14H22N2O2/c1-3-16(9-13-5-4-6-18-13)14-8-12(10-17)7-11(2)15-14/h7-8,13,17H,3-6,9-10H2,1-2H3. The molecule has 1 atom stereocenters. The fourth-order valence-corrected chi connectivity index (χ4v) is 2.39. The van der Waals surface area contributed by atoms with Crippen LogP contribution in [0.4, 0.5) is 5.82 Å². The minimum absolute atomic E-state index is 0.0633. The number of aryl methyl sites for hydroxylation is 1. The van der Waals surface area contributed by atoms with E-state index in [1.165, 1.54) is 0 Å². The van der Waals surface area contributed by atoms with E-state index in [0.717, 1.165) is 49.6 Å². The molecule has 2 heterocycles. The topological polar surface area (TPSA) is 45.6 Å². The Balaban J connectivity index is 2.12. The Hall–Kier alpha value is -1.13. The van der Waals surface area contributed by atoms with E-state index in [0.29, 0.717) is 6.10 Å². The molecular formula is C14H22N2O2. The molecule has 18 heavy (non-hydrogen) atoms. The first-order valence-corrected chi connectivity index (χ1v) is 6.68. The molecule has 1 aromatic rings. The van der Waals surface area contributed by atoms with Crippen molar-refractivity contribution in [1.82, 2.24) is 4.98 Å². The van der Waals surface area contributed by atoms with Crippen molar-refractivity contribution in [2.24, 2.45) is 0 Å². The predicted molar refractivity (Wildman–Crippen MR) is 71.8 cm³/mol. The largest absolute Gasteiger partial charge is 0.392 e. The van der Waals surface area contributed by atoms with Crippen molar-refractivity contribution in [3.63, 3.8) is 0 Å². The second-order valence-electron chi connectivity index (χ2n) is 4.81. The van der Waals surface area contributed by atoms with Gasteiger partial charge in [-0.25, -0.2) is 4.98 Å². The molecule has 1 aromatic heterocycles. The summed E-state index contributed by atoms with van der Waals surface area (Å²) in [6.07, 6.45) is 2.62. The molecule has 0 saturated carbocycles. The van der Waals surface area contributed by atoms with Crippen LogP contribution in [0.2, 0.25) is 0 Å². The number of nitrogens with zero attached hydrogens (tertiary/aromatic N) is 2. The average Bonchev–Trinajstić information content (AvgIpc) is 2.88. The fourth-order valence-electron chi connectivity index (χ4n) is 2.39. The number of rotatable bonds is 5. The van der Waals surface area contributed by atoms with Crippen LogP contribution >= 0.6 is 0 Å². The molecule has 0 amide bonds. The van der Waals surface area contributed by atoms with Gasteiger partial charge < -0.3 is 14.7 Å². The molecule has 4 nitrogen and oxygen atoms in total. The van der Waals surface area contributed by atoms with E-state index in [1.54, 1.807) is 0 Å². The Labute approximate surface area is 109 Å². The Morgan fingerprint density at radius 3 is 2.94 bits per heavy atom. The maximum atomic E-state index is 9.25. The molecular weight excluding hydrogens is 228 g/mol. The van der Waals surface area contributed by atoms with Gasteiger partial charge >= 0.3 is 0 Å². The minimum Gasteiger partial charge on any atom is -0.392 e. The van der Waals surface area contributed by atoms with E-state index in [-0.39, 0.29) is 6.61 Å². The van der Waals surface area contributed by atoms with Crippen molar-refractivity contribution in [3.8, 4) is 0 Å². The molecule has 1 saturated heterocycles. The maximum Gasteiger partial charge on any atom is 0.129 e. The van der Waals surface area contributed by atoms with Gasteiger partial charge in [0.15, 0.2) is 0 Å². The first kappa shape index (κ1) is 13.3. The van der Waals surface area contributed by atoms with Crippen LogP contribution in [0.5, 0.6) is 0 Å². The molecule has 0 aromatic carbocycles. The van der Waals surface area contributed by atoms with E-state index < -0.39 is 0 Å². The molecule has 100 valence electrons. The summed E-state index contributed by atoms with van der Waals surface area (Å²) in [4.78, 5) is 6.78. The molecule has 0 radical (unpaired) electrons. The summed E-state index contributed by atoms with van der Waals surface area (Å²) in [5, 5.41) is 9.25. The zero-order valence-electron chi connectivity index (χ0n) is 11.2. The molecule has 1 N–H and O–H groups in total. The molecule has 1 aliphatic heterocycles. The molecule has 0 spiro atoms. The molecule has 0 bridgehead atoms. The van der Waals surface area contributed by atoms with Crippen LogP contribution in [0.15, 0.2) is 12.1 Å². The number of aliphatic hydroxyl groups excluding tert-OH is 1. The minimum atomic E-state index is 0.0633. The molecule has 2 rings (SSSR count). The summed E-state index contributed by atoms with van der Waals surface area (Å²) in [7, 11) is 0. The molecule has 4 heteroatoms. The van der Waals surface area contributed by atoms with Crippen molar-refractivity contribution in [2.75, 3.05) is 24.6 Å². The van der Waals surface area contributed by atoms with Gasteiger partial charge in [0.1, 0.15) is 5.82 Å². The van der Waals surface area contributed by atoms with Gasteiger partial charge in [-0.15, -0.1) is 0 Å². The van der Waals surface area contributed by atoms with Gasteiger partial charge in [0, 0.05) is 25.4 Å². The number of hydrogen-bond donors (Lipinski definition) is 1. The first-order valence-electron chi connectivity index (χ1n) is 6.68. The van der Waals surface area contributed by atoms with E-state index >= 15 is 0 Å². The summed E-state index contributed by atoms with van der Waals surface area (Å²) in [5.74, 6) is 0.942. The lowest BCUT2D eigenvalue weighted by atomic mass is 10.2. The van der Waals surface area contributed by atoms with Crippen molar-refractivity contribution in [2.45, 2.75) is 39.4 Å². The Bertz CT molecular complexity index is 389. The van der Waals surface area contributed by atoms with Gasteiger partial charge in [0.05, 0.1) is 12.7 Å². The third kappa shape index (κ3) is 3.21. The second kappa shape index (κ2) is 6.16. The van der Waals surface area contributed by atoms with Gasteiger partial charge in [-0.2, -0.15) is 0 Å². The fraction of sp³-hybridized carbons (Fsp3) is 0.643. The van der Waals surface area contributed by atoms with Crippen molar-refractivity contribution in [3.05, 3.63) is 23.4 Å². The summed E-state index contributed by atoms with van der Waals surface area (Å²) in [6.45, 7) is 6.82. The van der Waals surface area contributed by atoms with E-state index in [4.69, 9.17) is 4.74 Å². The van der Waals surface area contributed by atoms with Gasteiger partial charge in [-0.05, 0) is 44.4 Å². The monoisotopic (exact) mass is 250 g/mol. The van der Waals surface area contributed by atoms with Crippen LogP contribution in [0, 0.1) is 6.92 Å². The van der Waals surface area contributed by atoms with Crippen LogP contribution in [-0.4, -0.2) is 35.9 Å². The lowest BCUT2D eigenvalue weighted by molar-refractivity contribution is 0.115. The number of hydrogen-bond acceptors (Lipinski definition) is 4. The van der Waals surface area contributed by atoms with Crippen molar-refractivity contribution < 1.29 is 9.84 Å². The molecule has 0 aliphatic carbocycles. The summed E-state index contributed by atoms with van der Waals surface area (Å²) < 4.78 is 5.67. The maximum absolute atomic E-state index is 9.25. The smallest absolute Gasteiger partial charge is 0.129 e. The van der Waals surface area contributed by atoms with Crippen LogP contribution in [0.25, 0.3) is 0 Å². The number of likely N-dealkylation sites (N-methyl/N-ethyl adjacent to an activating group) is 1. The summed E-state index contributed by atoms with van der Waals surface area (Å²) in [6, 6.07) is 3.88. The highest BCUT2D eigenvalue weighted by molar-refractivity contribution is 5.42. The van der Waals surface area contributed by atoms with Crippen LogP contribution in [-0.2, 0) is 11.3 Å². The Kier molecular flexibility index (Phi) is 4.55. The van der Waals surface area contributed by atoms with E-state index in [1.807, 2.05) is 19.1 Å². The van der Waals surface area contributed by atoms with Gasteiger partial charge in [0.2, 0.25) is 0 Å². The zero-order valence-corrected chi connectivity index (χ0v) is 11.2. The van der Waals surface area contributed by atoms with E-state index in [9.17, 15) is 5.11 Å². The third-order valence-electron chi connectivity index (χ3n) is 3.34. The van der Waals surface area contributed by atoms with Crippen LogP contribution in [0.3, 0.4) is 0 Å². The highest BCUT2D eigenvalue weighted by atomic mass is 16.5. The molecule has 1 unspecified atom stereocenters. The van der Waals surface area contributed by atoms with Crippen molar-refractivity contribution in [1.29, 1.82) is 0 Å². The number of aromatic nitrogens is 1. The van der Waals surface area contributed by atoms with Crippen molar-refractivity contribution >= 4 is 5.82 Å².